The van der Waals surface area contributed by atoms with Crippen LogP contribution in [-0.4, -0.2) is 59.0 Å². The second-order valence-corrected chi connectivity index (χ2v) is 7.30. The zero-order valence-electron chi connectivity index (χ0n) is 16.3. The number of morpholine rings is 1. The van der Waals surface area contributed by atoms with Gasteiger partial charge in [-0.2, -0.15) is 5.10 Å². The highest BCUT2D eigenvalue weighted by Crippen LogP contribution is 2.20. The monoisotopic (exact) mass is 405 g/mol. The first-order valence-electron chi connectivity index (χ1n) is 9.20. The van der Waals surface area contributed by atoms with Gasteiger partial charge < -0.3 is 14.4 Å². The Kier molecular flexibility index (Phi) is 6.36. The summed E-state index contributed by atoms with van der Waals surface area (Å²) in [6.07, 6.45) is -0.0130. The standard InChI is InChI=1S/C20H24ClN3O4/c1-13-10-23(8-9-27-13)18(25)12-28-20(26)19-14(2)22-24(15(19)3)11-16-6-4-5-7-17(16)21/h4-7,13H,8-12H2,1-3H3. The Labute approximate surface area is 169 Å². The van der Waals surface area contributed by atoms with E-state index < -0.39 is 5.97 Å². The van der Waals surface area contributed by atoms with Crippen molar-refractivity contribution in [3.05, 3.63) is 51.8 Å². The average Bonchev–Trinajstić information content (AvgIpc) is 2.94. The maximum Gasteiger partial charge on any atom is 0.342 e. The van der Waals surface area contributed by atoms with Crippen molar-refractivity contribution >= 4 is 23.5 Å². The number of esters is 1. The van der Waals surface area contributed by atoms with Gasteiger partial charge in [0.05, 0.1) is 30.6 Å². The number of rotatable bonds is 5. The molecular formula is C20H24ClN3O4. The molecule has 1 aliphatic heterocycles. The Bertz CT molecular complexity index is 880. The van der Waals surface area contributed by atoms with Crippen LogP contribution in [0.25, 0.3) is 0 Å². The third-order valence-electron chi connectivity index (χ3n) is 4.78. The molecule has 1 unspecified atom stereocenters. The maximum absolute atomic E-state index is 12.6. The summed E-state index contributed by atoms with van der Waals surface area (Å²) in [5.74, 6) is -0.766. The smallest absolute Gasteiger partial charge is 0.342 e. The van der Waals surface area contributed by atoms with E-state index in [1.54, 1.807) is 23.4 Å². The quantitative estimate of drug-likeness (QED) is 0.715. The number of amides is 1. The van der Waals surface area contributed by atoms with Crippen molar-refractivity contribution in [2.45, 2.75) is 33.4 Å². The summed E-state index contributed by atoms with van der Waals surface area (Å²) in [5, 5.41) is 5.08. The number of ether oxygens (including phenoxy) is 2. The zero-order chi connectivity index (χ0) is 20.3. The Balaban J connectivity index is 1.66. The molecule has 0 aliphatic carbocycles. The molecule has 0 saturated carbocycles. The molecule has 28 heavy (non-hydrogen) atoms. The molecule has 1 atom stereocenters. The molecule has 1 amide bonds. The average molecular weight is 406 g/mol. The lowest BCUT2D eigenvalue weighted by Gasteiger charge is -2.30. The third-order valence-corrected chi connectivity index (χ3v) is 5.15. The molecule has 7 nitrogen and oxygen atoms in total. The number of hydrogen-bond acceptors (Lipinski definition) is 5. The Morgan fingerprint density at radius 3 is 2.79 bits per heavy atom. The number of halogens is 1. The molecule has 0 N–H and O–H groups in total. The minimum atomic E-state index is -0.546. The first-order valence-corrected chi connectivity index (χ1v) is 9.58. The van der Waals surface area contributed by atoms with E-state index in [1.165, 1.54) is 0 Å². The van der Waals surface area contributed by atoms with Crippen molar-refractivity contribution in [2.24, 2.45) is 0 Å². The van der Waals surface area contributed by atoms with Crippen molar-refractivity contribution < 1.29 is 19.1 Å². The van der Waals surface area contributed by atoms with Crippen LogP contribution in [0.15, 0.2) is 24.3 Å². The van der Waals surface area contributed by atoms with Crippen LogP contribution in [0.2, 0.25) is 5.02 Å². The van der Waals surface area contributed by atoms with E-state index in [9.17, 15) is 9.59 Å². The molecule has 3 rings (SSSR count). The number of nitrogens with zero attached hydrogens (tertiary/aromatic N) is 3. The summed E-state index contributed by atoms with van der Waals surface area (Å²) in [4.78, 5) is 26.5. The molecule has 0 radical (unpaired) electrons. The fraction of sp³-hybridized carbons (Fsp3) is 0.450. The molecule has 1 aliphatic rings. The van der Waals surface area contributed by atoms with Gasteiger partial charge in [0.2, 0.25) is 0 Å². The van der Waals surface area contributed by atoms with Gasteiger partial charge in [-0.3, -0.25) is 9.48 Å². The van der Waals surface area contributed by atoms with Crippen molar-refractivity contribution in [3.8, 4) is 0 Å². The van der Waals surface area contributed by atoms with Crippen molar-refractivity contribution in [3.63, 3.8) is 0 Å². The molecule has 150 valence electrons. The van der Waals surface area contributed by atoms with Gasteiger partial charge >= 0.3 is 5.97 Å². The van der Waals surface area contributed by atoms with Gasteiger partial charge in [0.15, 0.2) is 6.61 Å². The van der Waals surface area contributed by atoms with Gasteiger partial charge in [-0.1, -0.05) is 29.8 Å². The van der Waals surface area contributed by atoms with E-state index in [0.717, 1.165) is 5.56 Å². The lowest BCUT2D eigenvalue weighted by Crippen LogP contribution is -2.46. The highest BCUT2D eigenvalue weighted by molar-refractivity contribution is 6.31. The Hall–Kier alpha value is -2.38. The molecule has 1 saturated heterocycles. The molecule has 1 fully saturated rings. The molecule has 2 heterocycles. The second-order valence-electron chi connectivity index (χ2n) is 6.89. The van der Waals surface area contributed by atoms with Crippen LogP contribution in [0.3, 0.4) is 0 Å². The number of hydrogen-bond donors (Lipinski definition) is 0. The number of carbonyl (C=O) groups is 2. The third kappa shape index (κ3) is 4.54. The molecule has 8 heteroatoms. The number of aromatic nitrogens is 2. The summed E-state index contributed by atoms with van der Waals surface area (Å²) < 4.78 is 12.4. The molecular weight excluding hydrogens is 382 g/mol. The molecule has 2 aromatic rings. The van der Waals surface area contributed by atoms with Crippen LogP contribution < -0.4 is 0 Å². The molecule has 1 aromatic heterocycles. The topological polar surface area (TPSA) is 73.7 Å². The summed E-state index contributed by atoms with van der Waals surface area (Å²) in [6, 6.07) is 7.50. The normalized spacial score (nSPS) is 16.9. The Morgan fingerprint density at radius 1 is 1.32 bits per heavy atom. The van der Waals surface area contributed by atoms with Gasteiger partial charge in [-0.05, 0) is 32.4 Å². The van der Waals surface area contributed by atoms with Crippen LogP contribution in [0.4, 0.5) is 0 Å². The fourth-order valence-electron chi connectivity index (χ4n) is 3.27. The minimum Gasteiger partial charge on any atom is -0.452 e. The second kappa shape index (κ2) is 8.75. The molecule has 1 aromatic carbocycles. The van der Waals surface area contributed by atoms with E-state index in [4.69, 9.17) is 21.1 Å². The maximum atomic E-state index is 12.6. The van der Waals surface area contributed by atoms with E-state index in [2.05, 4.69) is 5.10 Å². The van der Waals surface area contributed by atoms with Crippen LogP contribution >= 0.6 is 11.6 Å². The zero-order valence-corrected chi connectivity index (χ0v) is 17.0. The first kappa shape index (κ1) is 20.4. The summed E-state index contributed by atoms with van der Waals surface area (Å²) in [5.41, 5.74) is 2.53. The van der Waals surface area contributed by atoms with E-state index >= 15 is 0 Å². The van der Waals surface area contributed by atoms with Crippen LogP contribution in [0, 0.1) is 13.8 Å². The van der Waals surface area contributed by atoms with E-state index in [1.807, 2.05) is 31.2 Å². The fourth-order valence-corrected chi connectivity index (χ4v) is 3.47. The van der Waals surface area contributed by atoms with Crippen LogP contribution in [-0.2, 0) is 20.8 Å². The number of aryl methyl sites for hydroxylation is 1. The van der Waals surface area contributed by atoms with Gasteiger partial charge in [0.1, 0.15) is 5.56 Å². The SMILES string of the molecule is Cc1nn(Cc2ccccc2Cl)c(C)c1C(=O)OCC(=O)N1CCOC(C)C1. The van der Waals surface area contributed by atoms with E-state index in [-0.39, 0.29) is 18.6 Å². The Morgan fingerprint density at radius 2 is 2.07 bits per heavy atom. The van der Waals surface area contributed by atoms with E-state index in [0.29, 0.717) is 48.2 Å². The largest absolute Gasteiger partial charge is 0.452 e. The molecule has 0 spiro atoms. The highest BCUT2D eigenvalue weighted by Gasteiger charge is 2.25. The van der Waals surface area contributed by atoms with Crippen molar-refractivity contribution in [1.29, 1.82) is 0 Å². The van der Waals surface area contributed by atoms with Gasteiger partial charge in [0, 0.05) is 18.1 Å². The highest BCUT2D eigenvalue weighted by atomic mass is 35.5. The minimum absolute atomic E-state index is 0.0130. The van der Waals surface area contributed by atoms with Crippen LogP contribution in [0.1, 0.15) is 34.2 Å². The first-order chi connectivity index (χ1) is 13.4. The summed E-state index contributed by atoms with van der Waals surface area (Å²) in [6.45, 7) is 7.12. The van der Waals surface area contributed by atoms with Crippen LogP contribution in [0.5, 0.6) is 0 Å². The predicted octanol–water partition coefficient (Wildman–Crippen LogP) is 2.61. The van der Waals surface area contributed by atoms with Crippen molar-refractivity contribution in [2.75, 3.05) is 26.3 Å². The number of benzene rings is 1. The van der Waals surface area contributed by atoms with Gasteiger partial charge in [-0.25, -0.2) is 4.79 Å². The molecule has 0 bridgehead atoms. The van der Waals surface area contributed by atoms with Crippen molar-refractivity contribution in [1.82, 2.24) is 14.7 Å². The lowest BCUT2D eigenvalue weighted by atomic mass is 10.2. The van der Waals surface area contributed by atoms with Gasteiger partial charge in [0.25, 0.3) is 5.91 Å². The summed E-state index contributed by atoms with van der Waals surface area (Å²) in [7, 11) is 0. The summed E-state index contributed by atoms with van der Waals surface area (Å²) >= 11 is 6.22. The number of carbonyl (C=O) groups excluding carboxylic acids is 2. The van der Waals surface area contributed by atoms with Gasteiger partial charge in [-0.15, -0.1) is 0 Å². The lowest BCUT2D eigenvalue weighted by molar-refractivity contribution is -0.141. The predicted molar refractivity (Wildman–Crippen MR) is 105 cm³/mol.